The summed E-state index contributed by atoms with van der Waals surface area (Å²) in [7, 11) is 0. The van der Waals surface area contributed by atoms with Crippen molar-refractivity contribution >= 4 is 11.9 Å². The van der Waals surface area contributed by atoms with E-state index in [0.29, 0.717) is 5.56 Å². The second-order valence-electron chi connectivity index (χ2n) is 7.16. The van der Waals surface area contributed by atoms with E-state index in [1.54, 1.807) is 18.2 Å². The van der Waals surface area contributed by atoms with Gasteiger partial charge in [0.05, 0.1) is 6.61 Å². The molecule has 1 atom stereocenters. The third kappa shape index (κ3) is 5.18. The van der Waals surface area contributed by atoms with E-state index in [1.165, 1.54) is 24.8 Å². The standard InChI is InChI=1S/C22H26N2O4/c25-15-20(22(27)28)23-21(26)19-6-4-5-18(13-19)17-9-7-16(8-10-17)14-24-11-2-1-3-12-24/h4-10,13,20,25H,1-3,11-12,14-15H2,(H,23,26)(H,27,28). The van der Waals surface area contributed by atoms with Crippen molar-refractivity contribution in [2.24, 2.45) is 0 Å². The highest BCUT2D eigenvalue weighted by molar-refractivity contribution is 5.97. The fourth-order valence-electron chi connectivity index (χ4n) is 3.45. The molecule has 0 radical (unpaired) electrons. The third-order valence-corrected chi connectivity index (χ3v) is 5.05. The number of aliphatic hydroxyl groups is 1. The first-order valence-corrected chi connectivity index (χ1v) is 9.63. The lowest BCUT2D eigenvalue weighted by Gasteiger charge is -2.26. The molecular weight excluding hydrogens is 356 g/mol. The fraction of sp³-hybridized carbons (Fsp3) is 0.364. The van der Waals surface area contributed by atoms with Crippen LogP contribution >= 0.6 is 0 Å². The van der Waals surface area contributed by atoms with Crippen LogP contribution in [0.25, 0.3) is 11.1 Å². The Morgan fingerprint density at radius 2 is 1.71 bits per heavy atom. The summed E-state index contributed by atoms with van der Waals surface area (Å²) in [6.45, 7) is 2.62. The molecule has 1 saturated heterocycles. The minimum Gasteiger partial charge on any atom is -0.480 e. The molecule has 0 aliphatic carbocycles. The molecule has 28 heavy (non-hydrogen) atoms. The van der Waals surface area contributed by atoms with Crippen LogP contribution in [0, 0.1) is 0 Å². The predicted octanol–water partition coefficient (Wildman–Crippen LogP) is 2.51. The van der Waals surface area contributed by atoms with E-state index >= 15 is 0 Å². The molecule has 1 aliphatic rings. The highest BCUT2D eigenvalue weighted by atomic mass is 16.4. The summed E-state index contributed by atoms with van der Waals surface area (Å²) in [6.07, 6.45) is 3.86. The Hall–Kier alpha value is -2.70. The van der Waals surface area contributed by atoms with Gasteiger partial charge in [0.25, 0.3) is 5.91 Å². The number of aliphatic hydroxyl groups excluding tert-OH is 1. The van der Waals surface area contributed by atoms with Gasteiger partial charge in [-0.25, -0.2) is 4.79 Å². The SMILES string of the molecule is O=C(NC(CO)C(=O)O)c1cccc(-c2ccc(CN3CCCCC3)cc2)c1. The predicted molar refractivity (Wildman–Crippen MR) is 107 cm³/mol. The van der Waals surface area contributed by atoms with Crippen molar-refractivity contribution in [2.75, 3.05) is 19.7 Å². The topological polar surface area (TPSA) is 89.9 Å². The highest BCUT2D eigenvalue weighted by Crippen LogP contribution is 2.22. The molecule has 1 fully saturated rings. The van der Waals surface area contributed by atoms with E-state index in [0.717, 1.165) is 30.8 Å². The fourth-order valence-corrected chi connectivity index (χ4v) is 3.45. The maximum Gasteiger partial charge on any atom is 0.328 e. The quantitative estimate of drug-likeness (QED) is 0.685. The van der Waals surface area contributed by atoms with Crippen molar-refractivity contribution in [3.8, 4) is 11.1 Å². The maximum absolute atomic E-state index is 12.3. The molecule has 148 valence electrons. The van der Waals surface area contributed by atoms with E-state index < -0.39 is 24.5 Å². The van der Waals surface area contributed by atoms with Gasteiger partial charge in [-0.1, -0.05) is 42.8 Å². The summed E-state index contributed by atoms with van der Waals surface area (Å²) < 4.78 is 0. The first-order chi connectivity index (χ1) is 13.6. The van der Waals surface area contributed by atoms with Crippen LogP contribution in [0.15, 0.2) is 48.5 Å². The Morgan fingerprint density at radius 3 is 2.36 bits per heavy atom. The lowest BCUT2D eigenvalue weighted by molar-refractivity contribution is -0.140. The number of likely N-dealkylation sites (tertiary alicyclic amines) is 1. The van der Waals surface area contributed by atoms with E-state index in [4.69, 9.17) is 10.2 Å². The Morgan fingerprint density at radius 1 is 1.00 bits per heavy atom. The molecule has 6 nitrogen and oxygen atoms in total. The minimum absolute atomic E-state index is 0.356. The molecule has 1 aliphatic heterocycles. The van der Waals surface area contributed by atoms with Gasteiger partial charge >= 0.3 is 5.97 Å². The smallest absolute Gasteiger partial charge is 0.328 e. The van der Waals surface area contributed by atoms with Gasteiger partial charge in [0.2, 0.25) is 0 Å². The van der Waals surface area contributed by atoms with Crippen molar-refractivity contribution in [3.63, 3.8) is 0 Å². The summed E-state index contributed by atoms with van der Waals surface area (Å²) in [5, 5.41) is 20.4. The number of hydrogen-bond acceptors (Lipinski definition) is 4. The zero-order valence-electron chi connectivity index (χ0n) is 15.8. The number of nitrogens with one attached hydrogen (secondary N) is 1. The Bertz CT molecular complexity index is 814. The van der Waals surface area contributed by atoms with Crippen molar-refractivity contribution in [2.45, 2.75) is 31.8 Å². The molecule has 1 heterocycles. The molecule has 2 aromatic carbocycles. The Kier molecular flexibility index (Phi) is 6.79. The third-order valence-electron chi connectivity index (χ3n) is 5.05. The molecule has 3 rings (SSSR count). The van der Waals surface area contributed by atoms with Crippen LogP contribution in [0.1, 0.15) is 35.2 Å². The Balaban J connectivity index is 1.69. The number of amides is 1. The first kappa shape index (κ1) is 20.0. The molecule has 0 aromatic heterocycles. The number of hydrogen-bond donors (Lipinski definition) is 3. The van der Waals surface area contributed by atoms with Crippen molar-refractivity contribution < 1.29 is 19.8 Å². The average molecular weight is 382 g/mol. The second-order valence-corrected chi connectivity index (χ2v) is 7.16. The monoisotopic (exact) mass is 382 g/mol. The number of piperidine rings is 1. The van der Waals surface area contributed by atoms with Crippen LogP contribution in [0.3, 0.4) is 0 Å². The normalized spacial score (nSPS) is 15.8. The van der Waals surface area contributed by atoms with Crippen molar-refractivity contribution in [1.29, 1.82) is 0 Å². The molecule has 2 aromatic rings. The lowest BCUT2D eigenvalue weighted by Crippen LogP contribution is -2.43. The van der Waals surface area contributed by atoms with E-state index in [9.17, 15) is 9.59 Å². The van der Waals surface area contributed by atoms with Gasteiger partial charge in [0, 0.05) is 12.1 Å². The van der Waals surface area contributed by atoms with Gasteiger partial charge < -0.3 is 15.5 Å². The zero-order valence-corrected chi connectivity index (χ0v) is 15.8. The van der Waals surface area contributed by atoms with Crippen molar-refractivity contribution in [3.05, 3.63) is 59.7 Å². The van der Waals surface area contributed by atoms with Crippen LogP contribution in [0.5, 0.6) is 0 Å². The van der Waals surface area contributed by atoms with E-state index in [-0.39, 0.29) is 0 Å². The Labute approximate surface area is 164 Å². The molecule has 0 bridgehead atoms. The molecule has 3 N–H and O–H groups in total. The first-order valence-electron chi connectivity index (χ1n) is 9.63. The van der Waals surface area contributed by atoms with Crippen molar-refractivity contribution in [1.82, 2.24) is 10.2 Å². The molecule has 0 spiro atoms. The van der Waals surface area contributed by atoms with Gasteiger partial charge in [0.1, 0.15) is 0 Å². The molecular formula is C22H26N2O4. The highest BCUT2D eigenvalue weighted by Gasteiger charge is 2.19. The number of carbonyl (C=O) groups is 2. The van der Waals surface area contributed by atoms with Gasteiger partial charge in [-0.05, 0) is 54.8 Å². The number of carboxylic acid groups (broad SMARTS) is 1. The van der Waals surface area contributed by atoms with E-state index in [2.05, 4.69) is 22.3 Å². The number of carboxylic acids is 1. The number of carbonyl (C=O) groups excluding carboxylic acids is 1. The van der Waals surface area contributed by atoms with Crippen LogP contribution in [-0.4, -0.2) is 52.7 Å². The van der Waals surface area contributed by atoms with Crippen LogP contribution in [-0.2, 0) is 11.3 Å². The van der Waals surface area contributed by atoms with Crippen LogP contribution in [0.2, 0.25) is 0 Å². The van der Waals surface area contributed by atoms with Crippen LogP contribution < -0.4 is 5.32 Å². The lowest BCUT2D eigenvalue weighted by atomic mass is 10.0. The second kappa shape index (κ2) is 9.48. The maximum atomic E-state index is 12.3. The number of aliphatic carboxylic acids is 1. The van der Waals surface area contributed by atoms with Gasteiger partial charge in [-0.15, -0.1) is 0 Å². The number of nitrogens with zero attached hydrogens (tertiary/aromatic N) is 1. The number of rotatable bonds is 7. The average Bonchev–Trinajstić information content (AvgIpc) is 2.73. The van der Waals surface area contributed by atoms with Gasteiger partial charge in [-0.3, -0.25) is 9.69 Å². The minimum atomic E-state index is -1.31. The summed E-state index contributed by atoms with van der Waals surface area (Å²) in [5.74, 6) is -1.79. The summed E-state index contributed by atoms with van der Waals surface area (Å²) in [4.78, 5) is 25.7. The zero-order chi connectivity index (χ0) is 19.9. The largest absolute Gasteiger partial charge is 0.480 e. The van der Waals surface area contributed by atoms with Crippen LogP contribution in [0.4, 0.5) is 0 Å². The summed E-state index contributed by atoms with van der Waals surface area (Å²) in [5.41, 5.74) is 3.50. The summed E-state index contributed by atoms with van der Waals surface area (Å²) >= 11 is 0. The summed E-state index contributed by atoms with van der Waals surface area (Å²) in [6, 6.07) is 14.0. The molecule has 0 saturated carbocycles. The molecule has 1 amide bonds. The molecule has 1 unspecified atom stereocenters. The molecule has 6 heteroatoms. The van der Waals surface area contributed by atoms with Gasteiger partial charge in [-0.2, -0.15) is 0 Å². The number of benzene rings is 2. The van der Waals surface area contributed by atoms with E-state index in [1.807, 2.05) is 18.2 Å². The van der Waals surface area contributed by atoms with Gasteiger partial charge in [0.15, 0.2) is 6.04 Å².